The maximum absolute atomic E-state index is 4.99. The van der Waals surface area contributed by atoms with Gasteiger partial charge in [-0.3, -0.25) is 0 Å². The van der Waals surface area contributed by atoms with Crippen molar-refractivity contribution in [2.24, 2.45) is 0 Å². The third-order valence-electron chi connectivity index (χ3n) is 0.154. The molecule has 0 atom stereocenters. The topological polar surface area (TPSA) is 9.23 Å². The zero-order chi connectivity index (χ0) is 9.54. The standard InChI is InChI=1S/C2H4Cl2O.4ClH.2Zn/c3-1-5-2-4;;;;;;/h1-2H2;4*1H;;/q;;;;;2*+2/p-4. The maximum atomic E-state index is 4.99. The fraction of sp³-hybridized carbons (Fsp3) is 1.00. The summed E-state index contributed by atoms with van der Waals surface area (Å²) in [7, 11) is 19.8. The SMILES string of the molecule is ClCOCCl.[Cl][Zn][Cl].[Cl][Zn][Cl]. The van der Waals surface area contributed by atoms with E-state index >= 15 is 0 Å². The van der Waals surface area contributed by atoms with E-state index in [1.165, 1.54) is 0 Å². The second-order valence-electron chi connectivity index (χ2n) is 0.624. The van der Waals surface area contributed by atoms with Crippen LogP contribution in [-0.2, 0) is 35.0 Å². The van der Waals surface area contributed by atoms with Crippen LogP contribution in [0.15, 0.2) is 0 Å². The van der Waals surface area contributed by atoms with Crippen LogP contribution in [0.1, 0.15) is 0 Å². The van der Waals surface area contributed by atoms with Gasteiger partial charge in [-0.1, -0.05) is 23.2 Å². The molecule has 0 N–H and O–H groups in total. The van der Waals surface area contributed by atoms with E-state index < -0.39 is 30.3 Å². The van der Waals surface area contributed by atoms with Crippen LogP contribution in [0.5, 0.6) is 0 Å². The van der Waals surface area contributed by atoms with Crippen molar-refractivity contribution in [3.8, 4) is 0 Å². The Morgan fingerprint density at radius 1 is 0.818 bits per heavy atom. The van der Waals surface area contributed by atoms with E-state index in [2.05, 4.69) is 4.74 Å². The summed E-state index contributed by atoms with van der Waals surface area (Å²) < 4.78 is 4.36. The Bertz CT molecular complexity index is 37.8. The predicted octanol–water partition coefficient (Wildman–Crippen LogP) is 4.15. The molecule has 0 heterocycles. The predicted molar refractivity (Wildman–Crippen MR) is 45.9 cm³/mol. The third-order valence-corrected chi connectivity index (χ3v) is 0.463. The summed E-state index contributed by atoms with van der Waals surface area (Å²) in [6, 6.07) is 0.368. The Labute approximate surface area is 108 Å². The minimum absolute atomic E-state index is 0.184. The first-order valence-electron chi connectivity index (χ1n) is 2.18. The molecule has 64 valence electrons. The quantitative estimate of drug-likeness (QED) is 0.511. The van der Waals surface area contributed by atoms with Crippen LogP contribution >= 0.6 is 62.0 Å². The first-order valence-corrected chi connectivity index (χ1v) is 18.8. The number of ether oxygens (including phenoxy) is 1. The van der Waals surface area contributed by atoms with Crippen molar-refractivity contribution in [3.05, 3.63) is 0 Å². The summed E-state index contributed by atoms with van der Waals surface area (Å²) in [5.74, 6) is 0. The first-order chi connectivity index (χ1) is 5.24. The van der Waals surface area contributed by atoms with Gasteiger partial charge in [-0.2, -0.15) is 0 Å². The van der Waals surface area contributed by atoms with Gasteiger partial charge in [-0.05, 0) is 0 Å². The van der Waals surface area contributed by atoms with Crippen molar-refractivity contribution in [2.45, 2.75) is 0 Å². The van der Waals surface area contributed by atoms with Gasteiger partial charge in [0.25, 0.3) is 0 Å². The van der Waals surface area contributed by atoms with Crippen molar-refractivity contribution in [1.29, 1.82) is 0 Å². The zero-order valence-electron chi connectivity index (χ0n) is 5.50. The molecular weight excluding hydrogens is 384 g/mol. The fourth-order valence-electron chi connectivity index (χ4n) is 0.0292. The van der Waals surface area contributed by atoms with Gasteiger partial charge in [-0.25, -0.2) is 0 Å². The Morgan fingerprint density at radius 3 is 1.00 bits per heavy atom. The molecule has 0 aliphatic carbocycles. The van der Waals surface area contributed by atoms with Crippen molar-refractivity contribution in [1.82, 2.24) is 0 Å². The van der Waals surface area contributed by atoms with E-state index in [1.54, 1.807) is 0 Å². The minimum atomic E-state index is -0.931. The number of alkyl halides is 2. The molecule has 0 fully saturated rings. The van der Waals surface area contributed by atoms with Crippen LogP contribution in [0.2, 0.25) is 0 Å². The normalized spacial score (nSPS) is 5.64. The molecule has 0 radical (unpaired) electrons. The molecule has 0 aromatic heterocycles. The van der Waals surface area contributed by atoms with E-state index in [9.17, 15) is 0 Å². The summed E-state index contributed by atoms with van der Waals surface area (Å²) in [6.07, 6.45) is 0. The molecule has 0 amide bonds. The molecule has 0 bridgehead atoms. The Balaban J connectivity index is -0.0000000933. The molecule has 1 nitrogen and oxygen atoms in total. The molecule has 9 heteroatoms. The molecule has 0 aromatic carbocycles. The van der Waals surface area contributed by atoms with E-state index in [0.29, 0.717) is 0 Å². The molecular formula is C2H4Cl6OZn2. The van der Waals surface area contributed by atoms with Crippen LogP contribution in [0.3, 0.4) is 0 Å². The van der Waals surface area contributed by atoms with Gasteiger partial charge in [0, 0.05) is 0 Å². The van der Waals surface area contributed by atoms with Crippen LogP contribution in [0.25, 0.3) is 0 Å². The Hall–Kier alpha value is 2.95. The molecule has 0 unspecified atom stereocenters. The van der Waals surface area contributed by atoms with Crippen molar-refractivity contribution < 1.29 is 35.0 Å². The van der Waals surface area contributed by atoms with Crippen LogP contribution in [0, 0.1) is 0 Å². The average Bonchev–Trinajstić information content (AvgIpc) is 1.92. The van der Waals surface area contributed by atoms with Crippen molar-refractivity contribution in [2.75, 3.05) is 12.1 Å². The van der Waals surface area contributed by atoms with Gasteiger partial charge < -0.3 is 4.74 Å². The van der Waals surface area contributed by atoms with Crippen molar-refractivity contribution in [3.63, 3.8) is 0 Å². The molecule has 0 saturated heterocycles. The summed E-state index contributed by atoms with van der Waals surface area (Å²) in [4.78, 5) is 0. The van der Waals surface area contributed by atoms with Gasteiger partial charge in [0.1, 0.15) is 12.1 Å². The van der Waals surface area contributed by atoms with E-state index in [-0.39, 0.29) is 12.1 Å². The second-order valence-corrected chi connectivity index (χ2v) is 10.3. The molecule has 0 spiro atoms. The Kier molecular flexibility index (Phi) is 51.9. The van der Waals surface area contributed by atoms with Crippen LogP contribution in [-0.4, -0.2) is 12.1 Å². The summed E-state index contributed by atoms with van der Waals surface area (Å²) >= 11 is 8.13. The average molecular weight is 388 g/mol. The van der Waals surface area contributed by atoms with Crippen molar-refractivity contribution >= 4 is 62.0 Å². The molecule has 0 aliphatic heterocycles. The molecule has 0 aromatic rings. The summed E-state index contributed by atoms with van der Waals surface area (Å²) in [6.45, 7) is 0. The molecule has 0 saturated carbocycles. The zero-order valence-corrected chi connectivity index (χ0v) is 16.0. The number of hydrogen-bond acceptors (Lipinski definition) is 1. The van der Waals surface area contributed by atoms with E-state index in [4.69, 9.17) is 62.0 Å². The Morgan fingerprint density at radius 2 is 1.00 bits per heavy atom. The number of halogens is 6. The van der Waals surface area contributed by atoms with Crippen LogP contribution in [0.4, 0.5) is 0 Å². The fourth-order valence-corrected chi connectivity index (χ4v) is 0.262. The molecule has 0 aliphatic rings. The monoisotopic (exact) mass is 382 g/mol. The molecule has 11 heavy (non-hydrogen) atoms. The third kappa shape index (κ3) is 63.4. The van der Waals surface area contributed by atoms with E-state index in [1.807, 2.05) is 0 Å². The second kappa shape index (κ2) is 29.3. The van der Waals surface area contributed by atoms with Gasteiger partial charge in [0.2, 0.25) is 0 Å². The summed E-state index contributed by atoms with van der Waals surface area (Å²) in [5.41, 5.74) is 0. The summed E-state index contributed by atoms with van der Waals surface area (Å²) in [5, 5.41) is 0. The van der Waals surface area contributed by atoms with Gasteiger partial charge in [0.15, 0.2) is 0 Å². The van der Waals surface area contributed by atoms with Gasteiger partial charge in [0.05, 0.1) is 0 Å². The van der Waals surface area contributed by atoms with Gasteiger partial charge >= 0.3 is 69.1 Å². The number of hydrogen-bond donors (Lipinski definition) is 0. The number of rotatable bonds is 2. The van der Waals surface area contributed by atoms with E-state index in [0.717, 1.165) is 0 Å². The molecule has 0 rings (SSSR count). The van der Waals surface area contributed by atoms with Crippen LogP contribution < -0.4 is 0 Å². The first kappa shape index (κ1) is 19.5. The van der Waals surface area contributed by atoms with Gasteiger partial charge in [-0.15, -0.1) is 0 Å².